The Morgan fingerprint density at radius 3 is 2.82 bits per heavy atom. The van der Waals surface area contributed by atoms with Crippen LogP contribution in [0.1, 0.15) is 55.2 Å². The summed E-state index contributed by atoms with van der Waals surface area (Å²) in [7, 11) is 1.60. The normalized spacial score (nSPS) is 21.1. The maximum atomic E-state index is 14.4. The van der Waals surface area contributed by atoms with Crippen molar-refractivity contribution >= 4 is 11.8 Å². The second-order valence-corrected chi connectivity index (χ2v) is 10.3. The highest BCUT2D eigenvalue weighted by molar-refractivity contribution is 5.84. The molecule has 0 spiro atoms. The summed E-state index contributed by atoms with van der Waals surface area (Å²) in [6.45, 7) is 0.511. The third-order valence-corrected chi connectivity index (χ3v) is 7.29. The highest BCUT2D eigenvalue weighted by Gasteiger charge is 2.44. The fourth-order valence-electron chi connectivity index (χ4n) is 4.89. The van der Waals surface area contributed by atoms with E-state index in [4.69, 9.17) is 11.2 Å². The van der Waals surface area contributed by atoms with Crippen LogP contribution in [0.4, 0.5) is 4.39 Å². The van der Waals surface area contributed by atoms with E-state index in [9.17, 15) is 19.1 Å². The number of aliphatic hydroxyl groups is 1. The van der Waals surface area contributed by atoms with Gasteiger partial charge in [0.15, 0.2) is 0 Å². The summed E-state index contributed by atoms with van der Waals surface area (Å²) in [4.78, 5) is 26.7. The first-order chi connectivity index (χ1) is 18.3. The van der Waals surface area contributed by atoms with Crippen molar-refractivity contribution in [3.8, 4) is 18.1 Å². The van der Waals surface area contributed by atoms with Crippen LogP contribution >= 0.6 is 0 Å². The van der Waals surface area contributed by atoms with Gasteiger partial charge in [0.1, 0.15) is 11.6 Å². The standard InChI is InChI=1S/C30H36FN3O4/c1-3-21-8-7-9-23(14-21)30(11-12-30)32-19-27(35)26-17-22-15-24(31)18-25(16-22)38-13-6-4-5-10-29(37)34(2)20-28(36)33-26/h1,7-9,14-16,18,26-27,32,35H,4-6,10-13,17,19-20H2,2H3,(H,33,36)/t26-,27+/m0/s1. The number of hydrogen-bond acceptors (Lipinski definition) is 5. The van der Waals surface area contributed by atoms with E-state index in [1.807, 2.05) is 24.3 Å². The lowest BCUT2D eigenvalue weighted by Gasteiger charge is -2.28. The molecule has 1 heterocycles. The molecule has 202 valence electrons. The molecule has 2 aromatic carbocycles. The van der Waals surface area contributed by atoms with Gasteiger partial charge in [-0.25, -0.2) is 4.39 Å². The summed E-state index contributed by atoms with van der Waals surface area (Å²) in [6.07, 6.45) is 9.15. The van der Waals surface area contributed by atoms with Gasteiger partial charge in [-0.05, 0) is 73.9 Å². The summed E-state index contributed by atoms with van der Waals surface area (Å²) >= 11 is 0. The first kappa shape index (κ1) is 27.6. The molecule has 2 amide bonds. The van der Waals surface area contributed by atoms with Crippen LogP contribution < -0.4 is 15.4 Å². The Morgan fingerprint density at radius 1 is 1.24 bits per heavy atom. The molecule has 4 rings (SSSR count). The van der Waals surface area contributed by atoms with Gasteiger partial charge in [-0.1, -0.05) is 18.1 Å². The van der Waals surface area contributed by atoms with E-state index >= 15 is 0 Å². The van der Waals surface area contributed by atoms with Gasteiger partial charge in [-0.15, -0.1) is 6.42 Å². The first-order valence-electron chi connectivity index (χ1n) is 13.2. The molecule has 1 saturated carbocycles. The monoisotopic (exact) mass is 521 g/mol. The van der Waals surface area contributed by atoms with Crippen molar-refractivity contribution in [1.82, 2.24) is 15.5 Å². The number of benzene rings is 2. The minimum Gasteiger partial charge on any atom is -0.493 e. The van der Waals surface area contributed by atoms with Gasteiger partial charge >= 0.3 is 0 Å². The second-order valence-electron chi connectivity index (χ2n) is 10.3. The van der Waals surface area contributed by atoms with Crippen molar-refractivity contribution in [3.63, 3.8) is 0 Å². The lowest BCUT2D eigenvalue weighted by molar-refractivity contribution is -0.135. The van der Waals surface area contributed by atoms with Gasteiger partial charge in [0, 0.05) is 37.2 Å². The van der Waals surface area contributed by atoms with Crippen LogP contribution in [0.15, 0.2) is 42.5 Å². The van der Waals surface area contributed by atoms with E-state index in [0.717, 1.165) is 36.8 Å². The zero-order chi connectivity index (χ0) is 27.1. The average Bonchev–Trinajstić information content (AvgIpc) is 3.69. The SMILES string of the molecule is C#Cc1cccc(C2(NC[C@@H](O)[C@@H]3Cc4cc(F)cc(c4)OCCCCCC(=O)N(C)CC(=O)N3)CC2)c1. The number of halogens is 1. The first-order valence-corrected chi connectivity index (χ1v) is 13.2. The molecule has 0 radical (unpaired) electrons. The van der Waals surface area contributed by atoms with Gasteiger partial charge in [0.25, 0.3) is 0 Å². The van der Waals surface area contributed by atoms with Crippen LogP contribution in [0.25, 0.3) is 0 Å². The number of nitrogens with zero attached hydrogens (tertiary/aromatic N) is 1. The topological polar surface area (TPSA) is 90.9 Å². The lowest BCUT2D eigenvalue weighted by Crippen LogP contribution is -2.52. The molecule has 1 aliphatic carbocycles. The van der Waals surface area contributed by atoms with Gasteiger partial charge in [0.05, 0.1) is 25.3 Å². The Balaban J connectivity index is 1.51. The highest BCUT2D eigenvalue weighted by atomic mass is 19.1. The second kappa shape index (κ2) is 12.4. The van der Waals surface area contributed by atoms with Crippen molar-refractivity contribution in [2.24, 2.45) is 0 Å². The summed E-state index contributed by atoms with van der Waals surface area (Å²) in [5.41, 5.74) is 2.18. The van der Waals surface area contributed by atoms with E-state index in [-0.39, 0.29) is 36.9 Å². The smallest absolute Gasteiger partial charge is 0.239 e. The maximum Gasteiger partial charge on any atom is 0.239 e. The molecule has 2 atom stereocenters. The maximum absolute atomic E-state index is 14.4. The molecule has 7 nitrogen and oxygen atoms in total. The highest BCUT2D eigenvalue weighted by Crippen LogP contribution is 2.45. The molecule has 0 saturated heterocycles. The molecule has 2 aromatic rings. The molecule has 2 bridgehead atoms. The van der Waals surface area contributed by atoms with Crippen molar-refractivity contribution in [3.05, 3.63) is 65.0 Å². The lowest BCUT2D eigenvalue weighted by atomic mass is 9.98. The number of nitrogens with one attached hydrogen (secondary N) is 2. The number of amides is 2. The third-order valence-electron chi connectivity index (χ3n) is 7.29. The van der Waals surface area contributed by atoms with Gasteiger partial charge in [-0.2, -0.15) is 0 Å². The van der Waals surface area contributed by atoms with E-state index < -0.39 is 18.0 Å². The van der Waals surface area contributed by atoms with Crippen LogP contribution in [-0.4, -0.2) is 60.7 Å². The molecule has 8 heteroatoms. The van der Waals surface area contributed by atoms with Gasteiger partial charge in [0.2, 0.25) is 11.8 Å². The Bertz CT molecular complexity index is 1190. The van der Waals surface area contributed by atoms with Crippen LogP contribution in [-0.2, 0) is 21.5 Å². The fraction of sp³-hybridized carbons (Fsp3) is 0.467. The molecular formula is C30H36FN3O4. The number of aliphatic hydroxyl groups excluding tert-OH is 1. The van der Waals surface area contributed by atoms with Crippen molar-refractivity contribution in [2.75, 3.05) is 26.7 Å². The molecular weight excluding hydrogens is 485 g/mol. The zero-order valence-corrected chi connectivity index (χ0v) is 21.8. The van der Waals surface area contributed by atoms with Crippen molar-refractivity contribution < 1.29 is 23.8 Å². The summed E-state index contributed by atoms with van der Waals surface area (Å²) < 4.78 is 20.2. The number of terminal acetylenes is 1. The molecule has 2 aliphatic rings. The molecule has 3 N–H and O–H groups in total. The largest absolute Gasteiger partial charge is 0.493 e. The number of likely N-dealkylation sites (N-methyl/N-ethyl adjacent to an activating group) is 1. The number of ether oxygens (including phenoxy) is 1. The van der Waals surface area contributed by atoms with Gasteiger partial charge < -0.3 is 25.4 Å². The Morgan fingerprint density at radius 2 is 2.05 bits per heavy atom. The average molecular weight is 522 g/mol. The quantitative estimate of drug-likeness (QED) is 0.527. The summed E-state index contributed by atoms with van der Waals surface area (Å²) in [6, 6.07) is 11.5. The minimum atomic E-state index is -0.972. The van der Waals surface area contributed by atoms with Crippen molar-refractivity contribution in [1.29, 1.82) is 0 Å². The predicted molar refractivity (Wildman–Crippen MR) is 143 cm³/mol. The number of carbonyl (C=O) groups excluding carboxylic acids is 2. The minimum absolute atomic E-state index is 0.107. The number of hydrogen-bond donors (Lipinski definition) is 3. The van der Waals surface area contributed by atoms with Crippen molar-refractivity contribution in [2.45, 2.75) is 62.6 Å². The third kappa shape index (κ3) is 7.33. The predicted octanol–water partition coefficient (Wildman–Crippen LogP) is 2.89. The van der Waals surface area contributed by atoms with E-state index in [2.05, 4.69) is 16.6 Å². The Kier molecular flexibility index (Phi) is 9.03. The molecule has 1 aliphatic heterocycles. The van der Waals surface area contributed by atoms with E-state index in [1.54, 1.807) is 13.1 Å². The van der Waals surface area contributed by atoms with E-state index in [0.29, 0.717) is 30.8 Å². The number of carbonyl (C=O) groups is 2. The van der Waals surface area contributed by atoms with Crippen LogP contribution in [0.3, 0.4) is 0 Å². The summed E-state index contributed by atoms with van der Waals surface area (Å²) in [5.74, 6) is 2.14. The molecule has 0 aromatic heterocycles. The fourth-order valence-corrected chi connectivity index (χ4v) is 4.89. The Labute approximate surface area is 223 Å². The Hall–Kier alpha value is -3.41. The molecule has 1 fully saturated rings. The zero-order valence-electron chi connectivity index (χ0n) is 21.8. The molecule has 0 unspecified atom stereocenters. The van der Waals surface area contributed by atoms with E-state index in [1.165, 1.54) is 17.0 Å². The summed E-state index contributed by atoms with van der Waals surface area (Å²) in [5, 5.41) is 17.6. The van der Waals surface area contributed by atoms with Crippen LogP contribution in [0.5, 0.6) is 5.75 Å². The van der Waals surface area contributed by atoms with Crippen LogP contribution in [0, 0.1) is 18.2 Å². The molecule has 38 heavy (non-hydrogen) atoms. The number of rotatable bonds is 5. The number of fused-ring (bicyclic) bond motifs is 2. The van der Waals surface area contributed by atoms with Crippen LogP contribution in [0.2, 0.25) is 0 Å². The van der Waals surface area contributed by atoms with Gasteiger partial charge in [-0.3, -0.25) is 9.59 Å².